The summed E-state index contributed by atoms with van der Waals surface area (Å²) in [4.78, 5) is 32.2. The Kier molecular flexibility index (Phi) is 6.60. The van der Waals surface area contributed by atoms with Crippen LogP contribution in [0.3, 0.4) is 0 Å². The Morgan fingerprint density at radius 2 is 1.93 bits per heavy atom. The fourth-order valence-corrected chi connectivity index (χ4v) is 3.68. The number of esters is 1. The summed E-state index contributed by atoms with van der Waals surface area (Å²) in [6.07, 6.45) is 9.00. The summed E-state index contributed by atoms with van der Waals surface area (Å²) in [5.74, 6) is -0.229. The minimum absolute atomic E-state index is 0.135. The number of methoxy groups -OCH3 is 1. The number of amides is 1. The van der Waals surface area contributed by atoms with Gasteiger partial charge >= 0.3 is 5.97 Å². The molecule has 1 aliphatic rings. The van der Waals surface area contributed by atoms with Crippen LogP contribution in [0.1, 0.15) is 23.1 Å². The minimum Gasteiger partial charge on any atom is -0.466 e. The molecule has 1 aliphatic heterocycles. The molecule has 0 bridgehead atoms. The molecule has 3 heterocycles. The molecule has 7 heteroatoms. The number of ether oxygens (including phenoxy) is 1. The van der Waals surface area contributed by atoms with Crippen LogP contribution in [-0.2, 0) is 14.3 Å². The first-order chi connectivity index (χ1) is 13.5. The highest BCUT2D eigenvalue weighted by Crippen LogP contribution is 2.20. The number of thiophene rings is 1. The summed E-state index contributed by atoms with van der Waals surface area (Å²) >= 11 is 1.56. The highest BCUT2D eigenvalue weighted by atomic mass is 32.1. The summed E-state index contributed by atoms with van der Waals surface area (Å²) in [5, 5.41) is 2.02. The maximum atomic E-state index is 11.4. The Morgan fingerprint density at radius 1 is 1.14 bits per heavy atom. The van der Waals surface area contributed by atoms with E-state index in [4.69, 9.17) is 0 Å². The molecule has 0 spiro atoms. The van der Waals surface area contributed by atoms with Crippen LogP contribution in [0.4, 0.5) is 5.69 Å². The van der Waals surface area contributed by atoms with Gasteiger partial charge in [0, 0.05) is 44.1 Å². The molecule has 0 aliphatic carbocycles. The fraction of sp³-hybridized carbons (Fsp3) is 0.286. The third-order valence-electron chi connectivity index (χ3n) is 4.53. The Morgan fingerprint density at radius 3 is 2.57 bits per heavy atom. The number of anilines is 1. The number of hydrogen-bond acceptors (Lipinski definition) is 6. The van der Waals surface area contributed by atoms with E-state index in [2.05, 4.69) is 20.7 Å². The molecule has 1 amide bonds. The molecular formula is C21H23N3O3S. The van der Waals surface area contributed by atoms with Crippen molar-refractivity contribution in [2.75, 3.05) is 38.2 Å². The normalized spacial score (nSPS) is 14.8. The molecule has 0 unspecified atom stereocenters. The average molecular weight is 398 g/mol. The molecule has 2 aromatic heterocycles. The molecule has 1 saturated heterocycles. The number of nitrogens with zero attached hydrogens (tertiary/aromatic N) is 3. The summed E-state index contributed by atoms with van der Waals surface area (Å²) in [5.41, 5.74) is 3.01. The second-order valence-corrected chi connectivity index (χ2v) is 7.35. The Labute approximate surface area is 168 Å². The van der Waals surface area contributed by atoms with E-state index in [1.54, 1.807) is 24.3 Å². The van der Waals surface area contributed by atoms with Crippen LogP contribution in [0.15, 0.2) is 35.9 Å². The highest BCUT2D eigenvalue weighted by Gasteiger charge is 2.18. The molecule has 2 aromatic rings. The van der Waals surface area contributed by atoms with Gasteiger partial charge in [-0.3, -0.25) is 9.78 Å². The number of hydrogen-bond donors (Lipinski definition) is 0. The first kappa shape index (κ1) is 19.8. The molecule has 0 radical (unpaired) electrons. The van der Waals surface area contributed by atoms with Gasteiger partial charge in [0.1, 0.15) is 0 Å². The van der Waals surface area contributed by atoms with Gasteiger partial charge in [0.2, 0.25) is 5.91 Å². The maximum absolute atomic E-state index is 11.4. The van der Waals surface area contributed by atoms with Crippen LogP contribution in [0.25, 0.3) is 18.2 Å². The molecular weight excluding hydrogens is 374 g/mol. The van der Waals surface area contributed by atoms with E-state index in [9.17, 15) is 9.59 Å². The van der Waals surface area contributed by atoms with Gasteiger partial charge in [-0.25, -0.2) is 4.79 Å². The Balaban J connectivity index is 1.57. The number of aromatic nitrogens is 1. The molecule has 146 valence electrons. The zero-order chi connectivity index (χ0) is 19.9. The quantitative estimate of drug-likeness (QED) is 0.573. The molecule has 28 heavy (non-hydrogen) atoms. The summed E-state index contributed by atoms with van der Waals surface area (Å²) < 4.78 is 4.59. The lowest BCUT2D eigenvalue weighted by Crippen LogP contribution is -2.48. The predicted molar refractivity (Wildman–Crippen MR) is 113 cm³/mol. The minimum atomic E-state index is -0.363. The van der Waals surface area contributed by atoms with E-state index < -0.39 is 0 Å². The van der Waals surface area contributed by atoms with E-state index in [1.165, 1.54) is 13.2 Å². The van der Waals surface area contributed by atoms with E-state index in [-0.39, 0.29) is 11.9 Å². The van der Waals surface area contributed by atoms with Gasteiger partial charge < -0.3 is 14.5 Å². The Bertz CT molecular complexity index is 879. The van der Waals surface area contributed by atoms with Crippen LogP contribution >= 0.6 is 11.3 Å². The van der Waals surface area contributed by atoms with Crippen LogP contribution in [0, 0.1) is 0 Å². The largest absolute Gasteiger partial charge is 0.466 e. The van der Waals surface area contributed by atoms with Crippen molar-refractivity contribution in [3.05, 3.63) is 52.0 Å². The van der Waals surface area contributed by atoms with Crippen molar-refractivity contribution < 1.29 is 14.3 Å². The van der Waals surface area contributed by atoms with E-state index in [0.29, 0.717) is 0 Å². The molecule has 3 rings (SSSR count). The lowest BCUT2D eigenvalue weighted by atomic mass is 10.2. The van der Waals surface area contributed by atoms with Crippen molar-refractivity contribution in [2.24, 2.45) is 0 Å². The monoisotopic (exact) mass is 397 g/mol. The van der Waals surface area contributed by atoms with Gasteiger partial charge in [-0.15, -0.1) is 11.3 Å². The lowest BCUT2D eigenvalue weighted by molar-refractivity contribution is -0.134. The van der Waals surface area contributed by atoms with Gasteiger partial charge in [-0.1, -0.05) is 6.08 Å². The topological polar surface area (TPSA) is 62.7 Å². The third kappa shape index (κ3) is 5.29. The Hall–Kier alpha value is -2.93. The van der Waals surface area contributed by atoms with Crippen LogP contribution in [0.2, 0.25) is 0 Å². The SMILES string of the molecule is COC(=O)C=Cc1cc(C=Cc2ccc(N3CCN(C(C)=O)CC3)cn2)cs1. The van der Waals surface area contributed by atoms with E-state index in [1.807, 2.05) is 40.8 Å². The van der Waals surface area contributed by atoms with Gasteiger partial charge in [0.15, 0.2) is 0 Å². The van der Waals surface area contributed by atoms with Gasteiger partial charge in [-0.2, -0.15) is 0 Å². The van der Waals surface area contributed by atoms with E-state index >= 15 is 0 Å². The number of pyridine rings is 1. The predicted octanol–water partition coefficient (Wildman–Crippen LogP) is 3.17. The van der Waals surface area contributed by atoms with Crippen molar-refractivity contribution in [3.8, 4) is 0 Å². The maximum Gasteiger partial charge on any atom is 0.330 e. The smallest absolute Gasteiger partial charge is 0.330 e. The van der Waals surface area contributed by atoms with Crippen LogP contribution in [0.5, 0.6) is 0 Å². The zero-order valence-electron chi connectivity index (χ0n) is 16.0. The van der Waals surface area contributed by atoms with Gasteiger partial charge in [-0.05, 0) is 41.3 Å². The second kappa shape index (κ2) is 9.32. The first-order valence-electron chi connectivity index (χ1n) is 9.04. The molecule has 0 aromatic carbocycles. The molecule has 0 N–H and O–H groups in total. The summed E-state index contributed by atoms with van der Waals surface area (Å²) in [7, 11) is 1.36. The molecule has 0 atom stereocenters. The van der Waals surface area contributed by atoms with Crippen molar-refractivity contribution in [3.63, 3.8) is 0 Å². The van der Waals surface area contributed by atoms with Crippen molar-refractivity contribution in [1.29, 1.82) is 0 Å². The third-order valence-corrected chi connectivity index (χ3v) is 5.45. The zero-order valence-corrected chi connectivity index (χ0v) is 16.8. The molecule has 6 nitrogen and oxygen atoms in total. The fourth-order valence-electron chi connectivity index (χ4n) is 2.91. The number of piperazine rings is 1. The second-order valence-electron chi connectivity index (χ2n) is 6.41. The van der Waals surface area contributed by atoms with E-state index in [0.717, 1.165) is 48.0 Å². The van der Waals surface area contributed by atoms with Crippen LogP contribution in [-0.4, -0.2) is 55.0 Å². The first-order valence-corrected chi connectivity index (χ1v) is 9.92. The molecule has 1 fully saturated rings. The number of rotatable bonds is 5. The van der Waals surface area contributed by atoms with Crippen LogP contribution < -0.4 is 4.90 Å². The summed E-state index contributed by atoms with van der Waals surface area (Å²) in [6, 6.07) is 6.06. The number of carbonyl (C=O) groups is 2. The summed E-state index contributed by atoms with van der Waals surface area (Å²) in [6.45, 7) is 4.77. The van der Waals surface area contributed by atoms with Gasteiger partial charge in [0.25, 0.3) is 0 Å². The van der Waals surface area contributed by atoms with Gasteiger partial charge in [0.05, 0.1) is 24.7 Å². The highest BCUT2D eigenvalue weighted by molar-refractivity contribution is 7.11. The standard InChI is InChI=1S/C21H23N3O3S/c1-16(25)23-9-11-24(12-10-23)19-6-5-18(22-14-19)4-3-17-13-20(28-15-17)7-8-21(26)27-2/h3-8,13-15H,9-12H2,1-2H3. The van der Waals surface area contributed by atoms with Crippen molar-refractivity contribution in [2.45, 2.75) is 6.92 Å². The average Bonchev–Trinajstić information content (AvgIpc) is 3.19. The number of carbonyl (C=O) groups excluding carboxylic acids is 2. The van der Waals surface area contributed by atoms with Crippen molar-refractivity contribution in [1.82, 2.24) is 9.88 Å². The lowest BCUT2D eigenvalue weighted by Gasteiger charge is -2.35. The molecule has 0 saturated carbocycles. The van der Waals surface area contributed by atoms with Crippen molar-refractivity contribution >= 4 is 47.1 Å².